The van der Waals surface area contributed by atoms with Crippen molar-refractivity contribution < 1.29 is 19.4 Å². The Hall–Kier alpha value is -1.20. The molecule has 1 aromatic carbocycles. The molecule has 0 aromatic heterocycles. The zero-order valence-corrected chi connectivity index (χ0v) is 10.7. The third kappa shape index (κ3) is 5.10. The predicted molar refractivity (Wildman–Crippen MR) is 67.6 cm³/mol. The van der Waals surface area contributed by atoms with Gasteiger partial charge >= 0.3 is 0 Å². The molecular weight excluding hydrogens is 240 g/mol. The van der Waals surface area contributed by atoms with Gasteiger partial charge in [0, 0.05) is 12.7 Å². The normalized spacial score (nSPS) is 11.9. The maximum Gasteiger partial charge on any atom is 0.185 e. The summed E-state index contributed by atoms with van der Waals surface area (Å²) >= 11 is 1.08. The summed E-state index contributed by atoms with van der Waals surface area (Å²) in [5.41, 5.74) is 0. The fourth-order valence-electron chi connectivity index (χ4n) is 1.19. The Bertz CT molecular complexity index is 367. The lowest BCUT2D eigenvalue weighted by molar-refractivity contribution is -0.109. The molecule has 0 aliphatic carbocycles. The number of rotatable bonds is 6. The van der Waals surface area contributed by atoms with Crippen molar-refractivity contribution in [1.82, 2.24) is 0 Å². The highest BCUT2D eigenvalue weighted by Gasteiger charge is 2.09. The molecule has 0 spiro atoms. The van der Waals surface area contributed by atoms with Gasteiger partial charge in [0.25, 0.3) is 0 Å². The number of ether oxygens (including phenoxy) is 2. The van der Waals surface area contributed by atoms with Crippen molar-refractivity contribution in [2.75, 3.05) is 19.5 Å². The van der Waals surface area contributed by atoms with Crippen molar-refractivity contribution in [3.05, 3.63) is 24.3 Å². The maximum atomic E-state index is 10.7. The van der Waals surface area contributed by atoms with E-state index in [1.165, 1.54) is 6.92 Å². The number of hydrogen-bond acceptors (Lipinski definition) is 5. The van der Waals surface area contributed by atoms with Crippen molar-refractivity contribution in [3.63, 3.8) is 0 Å². The lowest BCUT2D eigenvalue weighted by Crippen LogP contribution is -2.20. The van der Waals surface area contributed by atoms with Crippen LogP contribution in [0.4, 0.5) is 0 Å². The van der Waals surface area contributed by atoms with Crippen LogP contribution < -0.4 is 9.47 Å². The first kappa shape index (κ1) is 13.9. The average Bonchev–Trinajstić information content (AvgIpc) is 2.34. The van der Waals surface area contributed by atoms with Gasteiger partial charge in [0.1, 0.15) is 6.61 Å². The van der Waals surface area contributed by atoms with Gasteiger partial charge in [0.2, 0.25) is 0 Å². The number of carbonyl (C=O) groups excluding carboxylic acids is 1. The molecule has 0 heterocycles. The van der Waals surface area contributed by atoms with Crippen molar-refractivity contribution in [2.24, 2.45) is 0 Å². The van der Waals surface area contributed by atoms with Crippen LogP contribution in [0.1, 0.15) is 6.92 Å². The van der Waals surface area contributed by atoms with E-state index in [4.69, 9.17) is 9.47 Å². The molecule has 94 valence electrons. The smallest absolute Gasteiger partial charge is 0.185 e. The van der Waals surface area contributed by atoms with Crippen LogP contribution >= 0.6 is 11.8 Å². The summed E-state index contributed by atoms with van der Waals surface area (Å²) in [4.78, 5) is 10.7. The van der Waals surface area contributed by atoms with E-state index in [0.717, 1.165) is 11.8 Å². The number of aliphatic hydroxyl groups excluding tert-OH is 1. The molecule has 4 nitrogen and oxygen atoms in total. The van der Waals surface area contributed by atoms with Gasteiger partial charge in [-0.2, -0.15) is 0 Å². The van der Waals surface area contributed by atoms with Gasteiger partial charge in [-0.15, -0.1) is 0 Å². The number of aliphatic hydroxyl groups is 1. The summed E-state index contributed by atoms with van der Waals surface area (Å²) in [7, 11) is 1.56. The van der Waals surface area contributed by atoms with E-state index in [-0.39, 0.29) is 11.7 Å². The Morgan fingerprint density at radius 3 is 2.65 bits per heavy atom. The van der Waals surface area contributed by atoms with Gasteiger partial charge in [0.15, 0.2) is 16.6 Å². The summed E-state index contributed by atoms with van der Waals surface area (Å²) < 4.78 is 10.5. The standard InChI is InChI=1S/C12H16O4S/c1-9(13)17-8-10(14)7-16-12-6-4-3-5-11(12)15-2/h3-6,10,14H,7-8H2,1-2H3. The lowest BCUT2D eigenvalue weighted by atomic mass is 10.3. The molecule has 1 rings (SSSR count). The van der Waals surface area contributed by atoms with E-state index in [1.807, 2.05) is 12.1 Å². The zero-order chi connectivity index (χ0) is 12.7. The van der Waals surface area contributed by atoms with E-state index in [9.17, 15) is 9.90 Å². The van der Waals surface area contributed by atoms with Crippen molar-refractivity contribution in [1.29, 1.82) is 0 Å². The van der Waals surface area contributed by atoms with E-state index >= 15 is 0 Å². The molecule has 0 bridgehead atoms. The van der Waals surface area contributed by atoms with Crippen molar-refractivity contribution in [3.8, 4) is 11.5 Å². The second kappa shape index (κ2) is 7.19. The molecule has 0 fully saturated rings. The fourth-order valence-corrected chi connectivity index (χ4v) is 1.71. The number of carbonyl (C=O) groups is 1. The fraction of sp³-hybridized carbons (Fsp3) is 0.417. The molecule has 0 saturated heterocycles. The van der Waals surface area contributed by atoms with Gasteiger partial charge < -0.3 is 14.6 Å². The van der Waals surface area contributed by atoms with Crippen LogP contribution in [-0.4, -0.2) is 35.8 Å². The van der Waals surface area contributed by atoms with E-state index in [0.29, 0.717) is 17.3 Å². The van der Waals surface area contributed by atoms with E-state index in [2.05, 4.69) is 0 Å². The van der Waals surface area contributed by atoms with E-state index in [1.54, 1.807) is 19.2 Å². The molecule has 1 unspecified atom stereocenters. The number of benzene rings is 1. The predicted octanol–water partition coefficient (Wildman–Crippen LogP) is 1.71. The highest BCUT2D eigenvalue weighted by molar-refractivity contribution is 8.13. The molecule has 17 heavy (non-hydrogen) atoms. The number of methoxy groups -OCH3 is 1. The summed E-state index contributed by atoms with van der Waals surface area (Å²) in [6, 6.07) is 7.22. The molecule has 0 aliphatic heterocycles. The minimum absolute atomic E-state index is 0.0126. The first-order valence-corrected chi connectivity index (χ1v) is 6.19. The van der Waals surface area contributed by atoms with Crippen LogP contribution in [0.15, 0.2) is 24.3 Å². The lowest BCUT2D eigenvalue weighted by Gasteiger charge is -2.13. The largest absolute Gasteiger partial charge is 0.493 e. The van der Waals surface area contributed by atoms with Gasteiger partial charge in [-0.3, -0.25) is 4.79 Å². The van der Waals surface area contributed by atoms with Crippen LogP contribution in [0.2, 0.25) is 0 Å². The minimum Gasteiger partial charge on any atom is -0.493 e. The van der Waals surface area contributed by atoms with Crippen LogP contribution in [0, 0.1) is 0 Å². The van der Waals surface area contributed by atoms with E-state index < -0.39 is 6.10 Å². The molecule has 5 heteroatoms. The maximum absolute atomic E-state index is 10.7. The number of thioether (sulfide) groups is 1. The zero-order valence-electron chi connectivity index (χ0n) is 9.88. The SMILES string of the molecule is COc1ccccc1OCC(O)CSC(C)=O. The highest BCUT2D eigenvalue weighted by Crippen LogP contribution is 2.25. The number of para-hydroxylation sites is 2. The highest BCUT2D eigenvalue weighted by atomic mass is 32.2. The van der Waals surface area contributed by atoms with Gasteiger partial charge in [-0.25, -0.2) is 0 Å². The molecular formula is C12H16O4S. The molecule has 0 saturated carbocycles. The minimum atomic E-state index is -0.672. The third-order valence-electron chi connectivity index (χ3n) is 1.98. The first-order chi connectivity index (χ1) is 8.13. The van der Waals surface area contributed by atoms with Gasteiger partial charge in [-0.1, -0.05) is 23.9 Å². The second-order valence-electron chi connectivity index (χ2n) is 3.42. The second-order valence-corrected chi connectivity index (χ2v) is 4.62. The first-order valence-electron chi connectivity index (χ1n) is 5.20. The summed E-state index contributed by atoms with van der Waals surface area (Å²) in [5.74, 6) is 1.55. The Morgan fingerprint density at radius 2 is 2.06 bits per heavy atom. The monoisotopic (exact) mass is 256 g/mol. The van der Waals surface area contributed by atoms with Crippen LogP contribution in [0.25, 0.3) is 0 Å². The Labute approximate surface area is 105 Å². The van der Waals surface area contributed by atoms with Crippen LogP contribution in [0.5, 0.6) is 11.5 Å². The van der Waals surface area contributed by atoms with Crippen LogP contribution in [-0.2, 0) is 4.79 Å². The molecule has 1 atom stereocenters. The molecule has 0 amide bonds. The molecule has 0 radical (unpaired) electrons. The average molecular weight is 256 g/mol. The molecule has 0 aliphatic rings. The topological polar surface area (TPSA) is 55.8 Å². The summed E-state index contributed by atoms with van der Waals surface area (Å²) in [6.45, 7) is 1.61. The number of hydrogen-bond donors (Lipinski definition) is 1. The van der Waals surface area contributed by atoms with Gasteiger partial charge in [0.05, 0.1) is 13.2 Å². The summed E-state index contributed by atoms with van der Waals surface area (Å²) in [6.07, 6.45) is -0.672. The molecule has 1 N–H and O–H groups in total. The Kier molecular flexibility index (Phi) is 5.86. The van der Waals surface area contributed by atoms with Crippen molar-refractivity contribution in [2.45, 2.75) is 13.0 Å². The molecule has 1 aromatic rings. The Morgan fingerprint density at radius 1 is 1.41 bits per heavy atom. The van der Waals surface area contributed by atoms with Gasteiger partial charge in [-0.05, 0) is 12.1 Å². The van der Waals surface area contributed by atoms with Crippen molar-refractivity contribution >= 4 is 16.9 Å². The van der Waals surface area contributed by atoms with Crippen LogP contribution in [0.3, 0.4) is 0 Å². The summed E-state index contributed by atoms with van der Waals surface area (Å²) in [5, 5.41) is 9.57. The quantitative estimate of drug-likeness (QED) is 0.839. The third-order valence-corrected chi connectivity index (χ3v) is 2.94. The Balaban J connectivity index is 2.41.